The average Bonchev–Trinajstić information content (AvgIpc) is 2.79. The lowest BCUT2D eigenvalue weighted by atomic mass is 9.72. The summed E-state index contributed by atoms with van der Waals surface area (Å²) < 4.78 is 5.43. The van der Waals surface area contributed by atoms with E-state index >= 15 is 0 Å². The highest BCUT2D eigenvalue weighted by atomic mass is 32.1. The number of hydrogen-bond acceptors (Lipinski definition) is 5. The SMILES string of the molecule is COc1ccccc1C(=S)NCC1(c2ccccc2)CCN(CC(=O)C(N)=O)CC1. The molecule has 30 heavy (non-hydrogen) atoms. The minimum absolute atomic E-state index is 0.0766. The van der Waals surface area contributed by atoms with Gasteiger partial charge in [0.15, 0.2) is 0 Å². The van der Waals surface area contributed by atoms with Gasteiger partial charge in [0.1, 0.15) is 10.7 Å². The number of benzene rings is 2. The van der Waals surface area contributed by atoms with E-state index in [4.69, 9.17) is 22.7 Å². The van der Waals surface area contributed by atoms with Crippen LogP contribution in [0.25, 0.3) is 0 Å². The third-order valence-electron chi connectivity index (χ3n) is 5.78. The first-order chi connectivity index (χ1) is 14.4. The summed E-state index contributed by atoms with van der Waals surface area (Å²) >= 11 is 5.65. The molecule has 0 saturated carbocycles. The third kappa shape index (κ3) is 5.04. The number of carbonyl (C=O) groups excluding carboxylic acids is 2. The van der Waals surface area contributed by atoms with Gasteiger partial charge in [0.2, 0.25) is 5.78 Å². The van der Waals surface area contributed by atoms with Gasteiger partial charge in [0, 0.05) is 12.0 Å². The molecule has 0 spiro atoms. The van der Waals surface area contributed by atoms with Crippen molar-refractivity contribution < 1.29 is 14.3 Å². The highest BCUT2D eigenvalue weighted by Gasteiger charge is 2.37. The monoisotopic (exact) mass is 425 g/mol. The van der Waals surface area contributed by atoms with Gasteiger partial charge < -0.3 is 15.8 Å². The predicted molar refractivity (Wildman–Crippen MR) is 121 cm³/mol. The molecular formula is C23H27N3O3S. The second kappa shape index (κ2) is 9.82. The number of nitrogens with zero attached hydrogens (tertiary/aromatic N) is 1. The summed E-state index contributed by atoms with van der Waals surface area (Å²) in [6, 6.07) is 18.1. The molecule has 6 nitrogen and oxygen atoms in total. The fourth-order valence-electron chi connectivity index (χ4n) is 3.96. The largest absolute Gasteiger partial charge is 0.496 e. The Morgan fingerprint density at radius 3 is 2.37 bits per heavy atom. The van der Waals surface area contributed by atoms with Gasteiger partial charge in [0.25, 0.3) is 5.91 Å². The molecule has 0 radical (unpaired) electrons. The first-order valence-corrected chi connectivity index (χ1v) is 10.4. The maximum Gasteiger partial charge on any atom is 0.286 e. The summed E-state index contributed by atoms with van der Waals surface area (Å²) in [5.41, 5.74) is 7.08. The van der Waals surface area contributed by atoms with Gasteiger partial charge in [-0.25, -0.2) is 0 Å². The Kier molecular flexibility index (Phi) is 7.18. The molecular weight excluding hydrogens is 398 g/mol. The van der Waals surface area contributed by atoms with E-state index in [0.717, 1.165) is 24.2 Å². The van der Waals surface area contributed by atoms with E-state index in [1.807, 2.05) is 47.4 Å². The fourth-order valence-corrected chi connectivity index (χ4v) is 4.20. The number of nitrogens with one attached hydrogen (secondary N) is 1. The maximum atomic E-state index is 11.7. The van der Waals surface area contributed by atoms with Crippen molar-refractivity contribution in [3.05, 3.63) is 65.7 Å². The van der Waals surface area contributed by atoms with E-state index in [-0.39, 0.29) is 12.0 Å². The molecule has 1 heterocycles. The number of piperidine rings is 1. The zero-order valence-corrected chi connectivity index (χ0v) is 17.9. The van der Waals surface area contributed by atoms with Crippen LogP contribution in [-0.2, 0) is 15.0 Å². The Bertz CT molecular complexity index is 909. The molecule has 0 aliphatic carbocycles. The van der Waals surface area contributed by atoms with Crippen molar-refractivity contribution >= 4 is 28.9 Å². The summed E-state index contributed by atoms with van der Waals surface area (Å²) in [7, 11) is 1.63. The molecule has 0 atom stereocenters. The average molecular weight is 426 g/mol. The predicted octanol–water partition coefficient (Wildman–Crippen LogP) is 2.05. The number of amides is 1. The molecule has 1 saturated heterocycles. The van der Waals surface area contributed by atoms with Crippen molar-refractivity contribution in [1.29, 1.82) is 0 Å². The van der Waals surface area contributed by atoms with Gasteiger partial charge in [0.05, 0.1) is 19.2 Å². The molecule has 1 fully saturated rings. The molecule has 7 heteroatoms. The van der Waals surface area contributed by atoms with Crippen molar-refractivity contribution in [2.45, 2.75) is 18.3 Å². The first kappa shape index (κ1) is 21.9. The molecule has 0 aromatic heterocycles. The minimum atomic E-state index is -0.876. The molecule has 1 aliphatic heterocycles. The zero-order valence-electron chi connectivity index (χ0n) is 17.1. The van der Waals surface area contributed by atoms with Crippen LogP contribution in [0.2, 0.25) is 0 Å². The molecule has 2 aromatic carbocycles. The number of thiocarbonyl (C=S) groups is 1. The minimum Gasteiger partial charge on any atom is -0.496 e. The fraction of sp³-hybridized carbons (Fsp3) is 0.348. The van der Waals surface area contributed by atoms with E-state index in [0.29, 0.717) is 24.6 Å². The molecule has 158 valence electrons. The Labute approximate surface area is 182 Å². The number of nitrogens with two attached hydrogens (primary N) is 1. The van der Waals surface area contributed by atoms with E-state index in [2.05, 4.69) is 17.4 Å². The topological polar surface area (TPSA) is 84.7 Å². The van der Waals surface area contributed by atoms with Crippen molar-refractivity contribution in [2.75, 3.05) is 33.3 Å². The summed E-state index contributed by atoms with van der Waals surface area (Å²) in [5.74, 6) is -0.681. The van der Waals surface area contributed by atoms with Gasteiger partial charge in [-0.05, 0) is 43.6 Å². The molecule has 3 rings (SSSR count). The molecule has 0 unspecified atom stereocenters. The summed E-state index contributed by atoms with van der Waals surface area (Å²) in [5, 5.41) is 3.45. The van der Waals surface area contributed by atoms with Crippen molar-refractivity contribution in [2.24, 2.45) is 5.73 Å². The molecule has 0 bridgehead atoms. The summed E-state index contributed by atoms with van der Waals surface area (Å²) in [6.07, 6.45) is 1.68. The standard InChI is InChI=1S/C23H27N3O3S/c1-29-20-10-6-5-9-18(20)22(30)25-16-23(17-7-3-2-4-8-17)11-13-26(14-12-23)15-19(27)21(24)28/h2-10H,11-16H2,1H3,(H2,24,28)(H,25,30). The van der Waals surface area contributed by atoms with Gasteiger partial charge in [-0.2, -0.15) is 0 Å². The van der Waals surface area contributed by atoms with Crippen molar-refractivity contribution in [3.63, 3.8) is 0 Å². The van der Waals surface area contributed by atoms with Crippen LogP contribution in [0, 0.1) is 0 Å². The number of Topliss-reactive ketones (excluding diaryl/α,β-unsaturated/α-hetero) is 1. The highest BCUT2D eigenvalue weighted by molar-refractivity contribution is 7.80. The number of primary amides is 1. The second-order valence-corrected chi connectivity index (χ2v) is 8.00. The zero-order chi connectivity index (χ0) is 21.6. The van der Waals surface area contributed by atoms with Crippen LogP contribution in [0.1, 0.15) is 24.0 Å². The van der Waals surface area contributed by atoms with E-state index in [1.54, 1.807) is 7.11 Å². The molecule has 3 N–H and O–H groups in total. The van der Waals surface area contributed by atoms with E-state index in [1.165, 1.54) is 5.56 Å². The Morgan fingerprint density at radius 1 is 1.10 bits per heavy atom. The van der Waals surface area contributed by atoms with Gasteiger partial charge in [-0.3, -0.25) is 14.5 Å². The summed E-state index contributed by atoms with van der Waals surface area (Å²) in [6.45, 7) is 2.16. The van der Waals surface area contributed by atoms with Crippen LogP contribution in [0.3, 0.4) is 0 Å². The van der Waals surface area contributed by atoms with Crippen molar-refractivity contribution in [1.82, 2.24) is 10.2 Å². The normalized spacial score (nSPS) is 15.9. The lowest BCUT2D eigenvalue weighted by molar-refractivity contribution is -0.136. The van der Waals surface area contributed by atoms with Crippen molar-refractivity contribution in [3.8, 4) is 5.75 Å². The van der Waals surface area contributed by atoms with Crippen LogP contribution < -0.4 is 15.8 Å². The Morgan fingerprint density at radius 2 is 1.73 bits per heavy atom. The number of methoxy groups -OCH3 is 1. The number of hydrogen-bond donors (Lipinski definition) is 2. The number of ether oxygens (including phenoxy) is 1. The maximum absolute atomic E-state index is 11.7. The number of rotatable bonds is 8. The number of carbonyl (C=O) groups is 2. The lowest BCUT2D eigenvalue weighted by Gasteiger charge is -2.42. The Hall–Kier alpha value is -2.77. The van der Waals surface area contributed by atoms with Crippen LogP contribution in [0.15, 0.2) is 54.6 Å². The highest BCUT2D eigenvalue weighted by Crippen LogP contribution is 2.35. The van der Waals surface area contributed by atoms with Gasteiger partial charge in [-0.1, -0.05) is 54.7 Å². The number of para-hydroxylation sites is 1. The quantitative estimate of drug-likeness (QED) is 0.497. The molecule has 1 amide bonds. The van der Waals surface area contributed by atoms with Crippen LogP contribution in [0.4, 0.5) is 0 Å². The Balaban J connectivity index is 1.74. The lowest BCUT2D eigenvalue weighted by Crippen LogP contribution is -2.50. The van der Waals surface area contributed by atoms with E-state index < -0.39 is 11.7 Å². The number of ketones is 1. The van der Waals surface area contributed by atoms with E-state index in [9.17, 15) is 9.59 Å². The third-order valence-corrected chi connectivity index (χ3v) is 6.14. The van der Waals surface area contributed by atoms with Gasteiger partial charge in [-0.15, -0.1) is 0 Å². The van der Waals surface area contributed by atoms with Crippen LogP contribution in [0.5, 0.6) is 5.75 Å². The van der Waals surface area contributed by atoms with Crippen LogP contribution in [-0.4, -0.2) is 54.9 Å². The smallest absolute Gasteiger partial charge is 0.286 e. The first-order valence-electron chi connectivity index (χ1n) is 9.97. The van der Waals surface area contributed by atoms with Crippen LogP contribution >= 0.6 is 12.2 Å². The molecule has 1 aliphatic rings. The van der Waals surface area contributed by atoms with Gasteiger partial charge >= 0.3 is 0 Å². The number of likely N-dealkylation sites (tertiary alicyclic amines) is 1. The molecule has 2 aromatic rings. The second-order valence-electron chi connectivity index (χ2n) is 7.59. The summed E-state index contributed by atoms with van der Waals surface area (Å²) in [4.78, 5) is 25.5.